The molecular formula is C28H35N. The van der Waals surface area contributed by atoms with Gasteiger partial charge in [0.25, 0.3) is 0 Å². The molecule has 152 valence electrons. The van der Waals surface area contributed by atoms with Gasteiger partial charge in [0.05, 0.1) is 5.69 Å². The molecule has 0 saturated carbocycles. The van der Waals surface area contributed by atoms with Gasteiger partial charge in [0.2, 0.25) is 0 Å². The van der Waals surface area contributed by atoms with Gasteiger partial charge in [-0.3, -0.25) is 4.98 Å². The van der Waals surface area contributed by atoms with Gasteiger partial charge in [0.15, 0.2) is 0 Å². The van der Waals surface area contributed by atoms with E-state index in [1.165, 1.54) is 33.0 Å². The lowest BCUT2D eigenvalue weighted by Gasteiger charge is -2.44. The standard InChI is InChI=1S/C28H35N/c1-25(2,3)23-17-29-24(20-13-11-10-12-19(20)23)18-14-15-21-22(16-18)27(6,7)28(8,9)26(21,4)5/h10-17H,1-9H3. The van der Waals surface area contributed by atoms with Crippen LogP contribution < -0.4 is 0 Å². The first-order valence-electron chi connectivity index (χ1n) is 10.8. The van der Waals surface area contributed by atoms with Gasteiger partial charge < -0.3 is 0 Å². The molecule has 1 aromatic heterocycles. The quantitative estimate of drug-likeness (QED) is 0.416. The molecule has 0 unspecified atom stereocenters. The maximum Gasteiger partial charge on any atom is 0.0780 e. The molecule has 0 aliphatic heterocycles. The zero-order valence-electron chi connectivity index (χ0n) is 19.6. The van der Waals surface area contributed by atoms with E-state index in [4.69, 9.17) is 4.98 Å². The van der Waals surface area contributed by atoms with Gasteiger partial charge in [0, 0.05) is 17.1 Å². The average molecular weight is 386 g/mol. The van der Waals surface area contributed by atoms with Crippen LogP contribution in [-0.2, 0) is 16.2 Å². The highest BCUT2D eigenvalue weighted by Gasteiger charge is 2.56. The molecule has 2 aromatic carbocycles. The molecule has 0 spiro atoms. The minimum Gasteiger partial charge on any atom is -0.255 e. The van der Waals surface area contributed by atoms with Crippen LogP contribution in [0.15, 0.2) is 48.7 Å². The van der Waals surface area contributed by atoms with Crippen LogP contribution in [0.1, 0.15) is 79.0 Å². The summed E-state index contributed by atoms with van der Waals surface area (Å²) in [5.41, 5.74) is 7.05. The summed E-state index contributed by atoms with van der Waals surface area (Å²) in [4.78, 5) is 4.99. The molecule has 0 saturated heterocycles. The maximum absolute atomic E-state index is 4.99. The third kappa shape index (κ3) is 2.62. The van der Waals surface area contributed by atoms with Crippen molar-refractivity contribution in [2.45, 2.75) is 78.6 Å². The Bertz CT molecular complexity index is 1110. The Balaban J connectivity index is 1.97. The van der Waals surface area contributed by atoms with Crippen molar-refractivity contribution < 1.29 is 0 Å². The van der Waals surface area contributed by atoms with Gasteiger partial charge in [-0.1, -0.05) is 98.7 Å². The summed E-state index contributed by atoms with van der Waals surface area (Å²) in [6.07, 6.45) is 2.09. The first-order chi connectivity index (χ1) is 13.3. The topological polar surface area (TPSA) is 12.9 Å². The molecule has 0 bridgehead atoms. The van der Waals surface area contributed by atoms with Crippen LogP contribution >= 0.6 is 0 Å². The SMILES string of the molecule is CC(C)(C)c1cnc(-c2ccc3c(c2)C(C)(C)C(C)(C)C3(C)C)c2ccccc12. The van der Waals surface area contributed by atoms with Gasteiger partial charge in [-0.25, -0.2) is 0 Å². The Morgan fingerprint density at radius 1 is 0.724 bits per heavy atom. The summed E-state index contributed by atoms with van der Waals surface area (Å²) in [6.45, 7) is 21.2. The van der Waals surface area contributed by atoms with Crippen molar-refractivity contribution in [1.29, 1.82) is 0 Å². The first-order valence-corrected chi connectivity index (χ1v) is 10.8. The highest BCUT2D eigenvalue weighted by molar-refractivity contribution is 5.97. The van der Waals surface area contributed by atoms with Gasteiger partial charge >= 0.3 is 0 Å². The summed E-state index contributed by atoms with van der Waals surface area (Å²) in [5.74, 6) is 0. The van der Waals surface area contributed by atoms with Crippen molar-refractivity contribution in [3.05, 3.63) is 65.4 Å². The molecule has 0 radical (unpaired) electrons. The number of benzene rings is 2. The van der Waals surface area contributed by atoms with E-state index in [0.29, 0.717) is 0 Å². The number of aromatic nitrogens is 1. The summed E-state index contributed by atoms with van der Waals surface area (Å²) >= 11 is 0. The van der Waals surface area contributed by atoms with Gasteiger partial charge in [-0.05, 0) is 49.8 Å². The van der Waals surface area contributed by atoms with E-state index in [1.54, 1.807) is 0 Å². The number of fused-ring (bicyclic) bond motifs is 2. The summed E-state index contributed by atoms with van der Waals surface area (Å²) in [5, 5.41) is 2.56. The minimum absolute atomic E-state index is 0.0686. The molecule has 1 heterocycles. The molecule has 1 nitrogen and oxygen atoms in total. The summed E-state index contributed by atoms with van der Waals surface area (Å²) < 4.78 is 0. The van der Waals surface area contributed by atoms with Gasteiger partial charge in [-0.2, -0.15) is 0 Å². The van der Waals surface area contributed by atoms with Crippen molar-refractivity contribution in [3.8, 4) is 11.3 Å². The van der Waals surface area contributed by atoms with E-state index in [0.717, 1.165) is 5.69 Å². The third-order valence-corrected chi connectivity index (χ3v) is 8.37. The Morgan fingerprint density at radius 3 is 1.93 bits per heavy atom. The van der Waals surface area contributed by atoms with Gasteiger partial charge in [-0.15, -0.1) is 0 Å². The highest BCUT2D eigenvalue weighted by atomic mass is 14.7. The van der Waals surface area contributed by atoms with E-state index in [1.807, 2.05) is 0 Å². The zero-order chi connectivity index (χ0) is 21.4. The van der Waals surface area contributed by atoms with E-state index < -0.39 is 0 Å². The Labute approximate surface area is 176 Å². The average Bonchev–Trinajstić information content (AvgIpc) is 2.75. The van der Waals surface area contributed by atoms with E-state index in [-0.39, 0.29) is 21.7 Å². The fourth-order valence-corrected chi connectivity index (χ4v) is 5.23. The largest absolute Gasteiger partial charge is 0.255 e. The number of nitrogens with zero attached hydrogens (tertiary/aromatic N) is 1. The van der Waals surface area contributed by atoms with Crippen LogP contribution in [0.3, 0.4) is 0 Å². The summed E-state index contributed by atoms with van der Waals surface area (Å²) in [6, 6.07) is 15.8. The van der Waals surface area contributed by atoms with Crippen LogP contribution in [0.5, 0.6) is 0 Å². The normalized spacial score (nSPS) is 19.3. The van der Waals surface area contributed by atoms with E-state index >= 15 is 0 Å². The molecule has 1 aliphatic rings. The predicted molar refractivity (Wildman–Crippen MR) is 126 cm³/mol. The Kier molecular flexibility index (Phi) is 4.12. The number of rotatable bonds is 1. The first kappa shape index (κ1) is 20.1. The van der Waals surface area contributed by atoms with E-state index in [2.05, 4.69) is 111 Å². The van der Waals surface area contributed by atoms with Crippen molar-refractivity contribution >= 4 is 10.8 Å². The van der Waals surface area contributed by atoms with Crippen LogP contribution in [-0.4, -0.2) is 4.98 Å². The Hall–Kier alpha value is -2.15. The lowest BCUT2D eigenvalue weighted by atomic mass is 9.59. The molecule has 0 fully saturated rings. The summed E-state index contributed by atoms with van der Waals surface area (Å²) in [7, 11) is 0. The molecular weight excluding hydrogens is 350 g/mol. The molecule has 1 aliphatic carbocycles. The molecule has 0 N–H and O–H groups in total. The van der Waals surface area contributed by atoms with Crippen molar-refractivity contribution in [2.24, 2.45) is 5.41 Å². The van der Waals surface area contributed by atoms with E-state index in [9.17, 15) is 0 Å². The smallest absolute Gasteiger partial charge is 0.0780 e. The second-order valence-electron chi connectivity index (χ2n) is 11.5. The maximum atomic E-state index is 4.99. The molecule has 0 atom stereocenters. The second kappa shape index (κ2) is 5.94. The lowest BCUT2D eigenvalue weighted by molar-refractivity contribution is 0.125. The molecule has 3 aromatic rings. The number of pyridine rings is 1. The monoisotopic (exact) mass is 385 g/mol. The highest BCUT2D eigenvalue weighted by Crippen LogP contribution is 2.61. The minimum atomic E-state index is 0.0686. The number of hydrogen-bond acceptors (Lipinski definition) is 1. The fourth-order valence-electron chi connectivity index (χ4n) is 5.23. The van der Waals surface area contributed by atoms with Crippen molar-refractivity contribution in [2.75, 3.05) is 0 Å². The van der Waals surface area contributed by atoms with Crippen molar-refractivity contribution in [3.63, 3.8) is 0 Å². The van der Waals surface area contributed by atoms with Gasteiger partial charge in [0.1, 0.15) is 0 Å². The lowest BCUT2D eigenvalue weighted by Crippen LogP contribution is -2.42. The Morgan fingerprint density at radius 2 is 1.31 bits per heavy atom. The predicted octanol–water partition coefficient (Wildman–Crippen LogP) is 7.79. The van der Waals surface area contributed by atoms with Crippen LogP contribution in [0, 0.1) is 5.41 Å². The molecule has 0 amide bonds. The molecule has 4 rings (SSSR count). The molecule has 29 heavy (non-hydrogen) atoms. The third-order valence-electron chi connectivity index (χ3n) is 8.37. The molecule has 1 heteroatoms. The zero-order valence-corrected chi connectivity index (χ0v) is 19.6. The van der Waals surface area contributed by atoms with Crippen molar-refractivity contribution in [1.82, 2.24) is 4.98 Å². The number of hydrogen-bond donors (Lipinski definition) is 0. The fraction of sp³-hybridized carbons (Fsp3) is 0.464. The van der Waals surface area contributed by atoms with Crippen LogP contribution in [0.25, 0.3) is 22.0 Å². The van der Waals surface area contributed by atoms with Crippen LogP contribution in [0.4, 0.5) is 0 Å². The second-order valence-corrected chi connectivity index (χ2v) is 11.5. The van der Waals surface area contributed by atoms with Crippen LogP contribution in [0.2, 0.25) is 0 Å².